The van der Waals surface area contributed by atoms with Crippen LogP contribution in [-0.2, 0) is 6.61 Å². The van der Waals surface area contributed by atoms with E-state index >= 15 is 0 Å². The third-order valence-corrected chi connectivity index (χ3v) is 4.79. The number of para-hydroxylation sites is 2. The number of fused-ring (bicyclic) bond motifs is 1. The predicted molar refractivity (Wildman–Crippen MR) is 114 cm³/mol. The van der Waals surface area contributed by atoms with E-state index in [0.717, 1.165) is 11.1 Å². The quantitative estimate of drug-likeness (QED) is 0.382. The largest absolute Gasteiger partial charge is 0.485 e. The van der Waals surface area contributed by atoms with Gasteiger partial charge >= 0.3 is 0 Å². The Hall–Kier alpha value is -4.12. The van der Waals surface area contributed by atoms with Gasteiger partial charge in [-0.15, -0.1) is 0 Å². The number of ether oxygens (including phenoxy) is 1. The Kier molecular flexibility index (Phi) is 4.62. The van der Waals surface area contributed by atoms with Gasteiger partial charge in [-0.1, -0.05) is 59.8 Å². The van der Waals surface area contributed by atoms with E-state index in [-0.39, 0.29) is 12.0 Å². The molecule has 0 aliphatic heterocycles. The van der Waals surface area contributed by atoms with Gasteiger partial charge < -0.3 is 13.7 Å². The first-order valence-corrected chi connectivity index (χ1v) is 9.54. The summed E-state index contributed by atoms with van der Waals surface area (Å²) < 4.78 is 17.3. The van der Waals surface area contributed by atoms with E-state index in [1.165, 1.54) is 6.07 Å². The van der Waals surface area contributed by atoms with Gasteiger partial charge in [0.1, 0.15) is 29.4 Å². The first-order chi connectivity index (χ1) is 14.8. The Morgan fingerprint density at radius 1 is 0.833 bits per heavy atom. The molecule has 5 rings (SSSR count). The maximum atomic E-state index is 12.3. The molecule has 2 heterocycles. The molecule has 0 bridgehead atoms. The fraction of sp³-hybridized carbons (Fsp3) is 0.0400. The van der Waals surface area contributed by atoms with Crippen molar-refractivity contribution in [2.75, 3.05) is 0 Å². The van der Waals surface area contributed by atoms with Crippen LogP contribution in [0.3, 0.4) is 0 Å². The zero-order chi connectivity index (χ0) is 20.3. The standard InChI is InChI=1S/C25H17NO4/c27-22-14-18(29-24-13-7-5-11-20(22)24)16-28-23-12-6-4-10-19(23)21-15-25(30-26-21)17-8-2-1-3-9-17/h1-15H,16H2. The number of nitrogens with zero attached hydrogens (tertiary/aromatic N) is 1. The Labute approximate surface area is 172 Å². The van der Waals surface area contributed by atoms with Crippen LogP contribution in [0.1, 0.15) is 5.76 Å². The van der Waals surface area contributed by atoms with Crippen LogP contribution in [0.2, 0.25) is 0 Å². The minimum atomic E-state index is -0.0901. The lowest BCUT2D eigenvalue weighted by atomic mass is 10.1. The van der Waals surface area contributed by atoms with Crippen LogP contribution in [-0.4, -0.2) is 5.16 Å². The summed E-state index contributed by atoms with van der Waals surface area (Å²) in [6, 6.07) is 27.9. The Morgan fingerprint density at radius 2 is 1.60 bits per heavy atom. The first-order valence-electron chi connectivity index (χ1n) is 9.54. The number of aromatic nitrogens is 1. The van der Waals surface area contributed by atoms with E-state index in [1.54, 1.807) is 12.1 Å². The Bertz CT molecular complexity index is 1370. The van der Waals surface area contributed by atoms with Gasteiger partial charge in [-0.3, -0.25) is 4.79 Å². The zero-order valence-electron chi connectivity index (χ0n) is 15.9. The molecule has 0 amide bonds. The van der Waals surface area contributed by atoms with Crippen LogP contribution < -0.4 is 10.2 Å². The van der Waals surface area contributed by atoms with Crippen molar-refractivity contribution in [1.29, 1.82) is 0 Å². The van der Waals surface area contributed by atoms with Crippen molar-refractivity contribution in [3.8, 4) is 28.3 Å². The van der Waals surface area contributed by atoms with Crippen molar-refractivity contribution in [3.63, 3.8) is 0 Å². The predicted octanol–water partition coefficient (Wildman–Crippen LogP) is 5.69. The molecule has 0 saturated heterocycles. The fourth-order valence-electron chi connectivity index (χ4n) is 3.32. The normalized spacial score (nSPS) is 10.9. The third-order valence-electron chi connectivity index (χ3n) is 4.79. The molecule has 0 spiro atoms. The summed E-state index contributed by atoms with van der Waals surface area (Å²) in [6.45, 7) is 0.125. The summed E-state index contributed by atoms with van der Waals surface area (Å²) in [5.74, 6) is 1.76. The van der Waals surface area contributed by atoms with Crippen molar-refractivity contribution in [2.24, 2.45) is 0 Å². The molecule has 0 fully saturated rings. The number of hydrogen-bond acceptors (Lipinski definition) is 5. The molecule has 0 N–H and O–H groups in total. The van der Waals surface area contributed by atoms with Crippen molar-refractivity contribution >= 4 is 11.0 Å². The van der Waals surface area contributed by atoms with Crippen LogP contribution in [0, 0.1) is 0 Å². The van der Waals surface area contributed by atoms with Gasteiger partial charge in [0.25, 0.3) is 0 Å². The molecule has 3 aromatic carbocycles. The highest BCUT2D eigenvalue weighted by Crippen LogP contribution is 2.32. The molecule has 5 aromatic rings. The summed E-state index contributed by atoms with van der Waals surface area (Å²) in [5.41, 5.74) is 2.87. The van der Waals surface area contributed by atoms with E-state index in [9.17, 15) is 4.79 Å². The van der Waals surface area contributed by atoms with E-state index in [4.69, 9.17) is 13.7 Å². The minimum Gasteiger partial charge on any atom is -0.485 e. The summed E-state index contributed by atoms with van der Waals surface area (Å²) >= 11 is 0. The molecular formula is C25H17NO4. The maximum Gasteiger partial charge on any atom is 0.193 e. The molecule has 0 atom stereocenters. The van der Waals surface area contributed by atoms with E-state index in [0.29, 0.717) is 33.9 Å². The van der Waals surface area contributed by atoms with Gasteiger partial charge in [-0.05, 0) is 24.3 Å². The minimum absolute atomic E-state index is 0.0901. The van der Waals surface area contributed by atoms with Crippen molar-refractivity contribution < 1.29 is 13.7 Å². The lowest BCUT2D eigenvalue weighted by molar-refractivity contribution is 0.273. The van der Waals surface area contributed by atoms with Gasteiger partial charge in [0.2, 0.25) is 0 Å². The van der Waals surface area contributed by atoms with Crippen molar-refractivity contribution in [2.45, 2.75) is 6.61 Å². The highest BCUT2D eigenvalue weighted by atomic mass is 16.5. The lowest BCUT2D eigenvalue weighted by Crippen LogP contribution is -2.05. The average molecular weight is 395 g/mol. The van der Waals surface area contributed by atoms with Gasteiger partial charge in [-0.2, -0.15) is 0 Å². The molecule has 0 aliphatic rings. The second-order valence-corrected chi connectivity index (χ2v) is 6.80. The molecule has 2 aromatic heterocycles. The van der Waals surface area contributed by atoms with Crippen LogP contribution in [0.15, 0.2) is 105 Å². The second-order valence-electron chi connectivity index (χ2n) is 6.80. The number of rotatable bonds is 5. The molecular weight excluding hydrogens is 378 g/mol. The molecule has 5 heteroatoms. The average Bonchev–Trinajstić information content (AvgIpc) is 3.29. The highest BCUT2D eigenvalue weighted by molar-refractivity contribution is 5.76. The summed E-state index contributed by atoms with van der Waals surface area (Å²) in [7, 11) is 0. The van der Waals surface area contributed by atoms with E-state index < -0.39 is 0 Å². The van der Waals surface area contributed by atoms with Gasteiger partial charge in [-0.25, -0.2) is 0 Å². The van der Waals surface area contributed by atoms with Crippen molar-refractivity contribution in [1.82, 2.24) is 5.16 Å². The maximum absolute atomic E-state index is 12.3. The van der Waals surface area contributed by atoms with Gasteiger partial charge in [0, 0.05) is 23.3 Å². The topological polar surface area (TPSA) is 65.5 Å². The molecule has 5 nitrogen and oxygen atoms in total. The molecule has 0 saturated carbocycles. The van der Waals surface area contributed by atoms with Crippen LogP contribution in [0.5, 0.6) is 5.75 Å². The molecule has 146 valence electrons. The van der Waals surface area contributed by atoms with Gasteiger partial charge in [0.05, 0.1) is 5.39 Å². The Morgan fingerprint density at radius 3 is 2.50 bits per heavy atom. The summed E-state index contributed by atoms with van der Waals surface area (Å²) in [5, 5.41) is 4.76. The lowest BCUT2D eigenvalue weighted by Gasteiger charge is -2.09. The zero-order valence-corrected chi connectivity index (χ0v) is 15.9. The van der Waals surface area contributed by atoms with Crippen LogP contribution in [0.4, 0.5) is 0 Å². The summed E-state index contributed by atoms with van der Waals surface area (Å²) in [4.78, 5) is 12.3. The SMILES string of the molecule is O=c1cc(COc2ccccc2-c2cc(-c3ccccc3)on2)oc2ccccc12. The van der Waals surface area contributed by atoms with Crippen LogP contribution >= 0.6 is 0 Å². The third kappa shape index (κ3) is 3.49. The molecule has 0 unspecified atom stereocenters. The van der Waals surface area contributed by atoms with Gasteiger partial charge in [0.15, 0.2) is 11.2 Å². The summed E-state index contributed by atoms with van der Waals surface area (Å²) in [6.07, 6.45) is 0. The highest BCUT2D eigenvalue weighted by Gasteiger charge is 2.13. The number of benzene rings is 3. The van der Waals surface area contributed by atoms with E-state index in [1.807, 2.05) is 72.8 Å². The Balaban J connectivity index is 1.42. The second kappa shape index (κ2) is 7.72. The molecule has 0 aliphatic carbocycles. The fourth-order valence-corrected chi connectivity index (χ4v) is 3.32. The van der Waals surface area contributed by atoms with E-state index in [2.05, 4.69) is 5.16 Å². The number of hydrogen-bond donors (Lipinski definition) is 0. The van der Waals surface area contributed by atoms with Crippen LogP contribution in [0.25, 0.3) is 33.6 Å². The molecule has 0 radical (unpaired) electrons. The van der Waals surface area contributed by atoms with Crippen molar-refractivity contribution in [3.05, 3.63) is 107 Å². The molecule has 30 heavy (non-hydrogen) atoms. The monoisotopic (exact) mass is 395 g/mol. The smallest absolute Gasteiger partial charge is 0.193 e. The first kappa shape index (κ1) is 17.9.